The van der Waals surface area contributed by atoms with E-state index in [0.717, 1.165) is 18.8 Å². The first kappa shape index (κ1) is 18.5. The molecule has 100 valence electrons. The highest BCUT2D eigenvalue weighted by Gasteiger charge is 2.30. The molecule has 2 N–H and O–H groups in total. The van der Waals surface area contributed by atoms with Gasteiger partial charge in [-0.2, -0.15) is 12.6 Å². The maximum absolute atomic E-state index is 12.1. The lowest BCUT2D eigenvalue weighted by molar-refractivity contribution is -0.0208. The highest BCUT2D eigenvalue weighted by Crippen LogP contribution is 2.21. The first-order valence-electron chi connectivity index (χ1n) is 5.96. The summed E-state index contributed by atoms with van der Waals surface area (Å²) in [5.74, 6) is -1.45. The summed E-state index contributed by atoms with van der Waals surface area (Å²) in [6.07, 6.45) is 1.83. The number of rotatable bonds is 3. The van der Waals surface area contributed by atoms with Crippen molar-refractivity contribution >= 4 is 12.6 Å². The lowest BCUT2D eigenvalue weighted by Gasteiger charge is -2.21. The fourth-order valence-electron chi connectivity index (χ4n) is 1.09. The van der Waals surface area contributed by atoms with Gasteiger partial charge in [-0.3, -0.25) is 0 Å². The quantitative estimate of drug-likeness (QED) is 0.534. The summed E-state index contributed by atoms with van der Waals surface area (Å²) in [4.78, 5) is 0. The predicted octanol–water partition coefficient (Wildman–Crippen LogP) is 2.56. The van der Waals surface area contributed by atoms with Crippen molar-refractivity contribution in [3.63, 3.8) is 0 Å². The van der Waals surface area contributed by atoms with Gasteiger partial charge < -0.3 is 10.6 Å². The predicted molar refractivity (Wildman–Crippen MR) is 70.8 cm³/mol. The van der Waals surface area contributed by atoms with Crippen LogP contribution in [0.2, 0.25) is 0 Å². The monoisotopic (exact) mass is 256 g/mol. The molecule has 1 aliphatic heterocycles. The zero-order valence-corrected chi connectivity index (χ0v) is 11.5. The van der Waals surface area contributed by atoms with Crippen LogP contribution in [0.3, 0.4) is 0 Å². The number of hydrogen-bond donors (Lipinski definition) is 3. The summed E-state index contributed by atoms with van der Waals surface area (Å²) >= 11 is 4.01. The van der Waals surface area contributed by atoms with Gasteiger partial charge in [0.2, 0.25) is 0 Å². The summed E-state index contributed by atoms with van der Waals surface area (Å²) in [5.41, 5.74) is 0. The van der Waals surface area contributed by atoms with Gasteiger partial charge in [0.1, 0.15) is 0 Å². The van der Waals surface area contributed by atoms with Crippen LogP contribution < -0.4 is 10.6 Å². The number of piperidine rings is 1. The first-order chi connectivity index (χ1) is 7.62. The summed E-state index contributed by atoms with van der Waals surface area (Å²) in [6.45, 7) is 5.70. The van der Waals surface area contributed by atoms with Crippen molar-refractivity contribution in [2.24, 2.45) is 0 Å². The molecule has 16 heavy (non-hydrogen) atoms. The van der Waals surface area contributed by atoms with Crippen LogP contribution in [0.1, 0.15) is 33.1 Å². The highest BCUT2D eigenvalue weighted by atomic mass is 32.1. The van der Waals surface area contributed by atoms with Crippen LogP contribution in [0.15, 0.2) is 0 Å². The van der Waals surface area contributed by atoms with Gasteiger partial charge in [0.05, 0.1) is 6.54 Å². The van der Waals surface area contributed by atoms with Crippen LogP contribution in [-0.2, 0) is 0 Å². The van der Waals surface area contributed by atoms with Crippen LogP contribution in [0.4, 0.5) is 8.78 Å². The zero-order valence-electron chi connectivity index (χ0n) is 10.7. The fraction of sp³-hybridized carbons (Fsp3) is 1.00. The summed E-state index contributed by atoms with van der Waals surface area (Å²) in [7, 11) is 1.95. The Bertz CT molecular complexity index is 123. The van der Waals surface area contributed by atoms with E-state index in [1.807, 2.05) is 20.9 Å². The van der Waals surface area contributed by atoms with Crippen molar-refractivity contribution in [3.8, 4) is 0 Å². The standard InChI is InChI=1S/C5H9F2N.C4H11NS.C2H6/c6-5(7)2-1-3-8-4-5;1-5-3-2-4-6;1-2/h8H,1-4H2;5-6H,2-4H2,1H3;1-2H3. The number of alkyl halides is 2. The molecular weight excluding hydrogens is 230 g/mol. The Morgan fingerprint density at radius 3 is 2.19 bits per heavy atom. The molecule has 1 fully saturated rings. The third-order valence-electron chi connectivity index (χ3n) is 1.86. The van der Waals surface area contributed by atoms with E-state index in [1.54, 1.807) is 0 Å². The average Bonchev–Trinajstić information content (AvgIpc) is 2.29. The largest absolute Gasteiger partial charge is 0.320 e. The van der Waals surface area contributed by atoms with Crippen LogP contribution in [0.5, 0.6) is 0 Å². The average molecular weight is 256 g/mol. The van der Waals surface area contributed by atoms with Gasteiger partial charge in [-0.05, 0) is 38.7 Å². The van der Waals surface area contributed by atoms with E-state index in [2.05, 4.69) is 23.3 Å². The molecule has 0 bridgehead atoms. The van der Waals surface area contributed by atoms with E-state index in [9.17, 15) is 8.78 Å². The van der Waals surface area contributed by atoms with Gasteiger partial charge in [0.25, 0.3) is 5.92 Å². The fourth-order valence-corrected chi connectivity index (χ4v) is 1.25. The zero-order chi connectivity index (χ0) is 12.9. The summed E-state index contributed by atoms with van der Waals surface area (Å²) < 4.78 is 24.3. The number of hydrogen-bond acceptors (Lipinski definition) is 3. The molecule has 0 atom stereocenters. The Kier molecular flexibility index (Phi) is 15.3. The lowest BCUT2D eigenvalue weighted by atomic mass is 10.1. The Hall–Kier alpha value is 0.130. The second kappa shape index (κ2) is 13.2. The molecule has 5 heteroatoms. The normalized spacial score (nSPS) is 17.6. The molecule has 0 spiro atoms. The van der Waals surface area contributed by atoms with Crippen molar-refractivity contribution in [2.75, 3.05) is 32.4 Å². The van der Waals surface area contributed by atoms with Gasteiger partial charge in [0.15, 0.2) is 0 Å². The Morgan fingerprint density at radius 1 is 1.38 bits per heavy atom. The van der Waals surface area contributed by atoms with E-state index >= 15 is 0 Å². The van der Waals surface area contributed by atoms with Crippen LogP contribution >= 0.6 is 12.6 Å². The maximum Gasteiger partial charge on any atom is 0.260 e. The van der Waals surface area contributed by atoms with Gasteiger partial charge in [-0.15, -0.1) is 0 Å². The van der Waals surface area contributed by atoms with E-state index in [-0.39, 0.29) is 13.0 Å². The van der Waals surface area contributed by atoms with Crippen molar-refractivity contribution in [1.82, 2.24) is 10.6 Å². The molecule has 0 aliphatic carbocycles. The number of halogens is 2. The van der Waals surface area contributed by atoms with Gasteiger partial charge in [-0.25, -0.2) is 8.78 Å². The van der Waals surface area contributed by atoms with Crippen LogP contribution in [-0.4, -0.2) is 38.4 Å². The molecular formula is C11H26F2N2S. The Labute approximate surface area is 104 Å². The smallest absolute Gasteiger partial charge is 0.260 e. The maximum atomic E-state index is 12.1. The van der Waals surface area contributed by atoms with Crippen molar-refractivity contribution in [3.05, 3.63) is 0 Å². The lowest BCUT2D eigenvalue weighted by Crippen LogP contribution is -2.38. The van der Waals surface area contributed by atoms with E-state index in [0.29, 0.717) is 6.42 Å². The molecule has 0 saturated carbocycles. The molecule has 1 saturated heterocycles. The molecule has 2 nitrogen and oxygen atoms in total. The molecule has 0 aromatic heterocycles. The minimum Gasteiger partial charge on any atom is -0.320 e. The van der Waals surface area contributed by atoms with Crippen molar-refractivity contribution in [1.29, 1.82) is 0 Å². The minimum atomic E-state index is -2.43. The SMILES string of the molecule is CC.CNCCCS.FC1(F)CCCNC1. The molecule has 0 aromatic carbocycles. The number of thiol groups is 1. The van der Waals surface area contributed by atoms with Crippen LogP contribution in [0, 0.1) is 0 Å². The molecule has 1 rings (SSSR count). The van der Waals surface area contributed by atoms with Gasteiger partial charge in [0, 0.05) is 6.42 Å². The molecule has 0 amide bonds. The molecule has 1 aliphatic rings. The molecule has 1 heterocycles. The summed E-state index contributed by atoms with van der Waals surface area (Å²) in [6, 6.07) is 0. The van der Waals surface area contributed by atoms with E-state index in [1.165, 1.54) is 6.42 Å². The van der Waals surface area contributed by atoms with Gasteiger partial charge >= 0.3 is 0 Å². The summed E-state index contributed by atoms with van der Waals surface area (Å²) in [5, 5.41) is 5.64. The number of nitrogens with one attached hydrogen (secondary N) is 2. The third kappa shape index (κ3) is 14.1. The Balaban J connectivity index is 0. The Morgan fingerprint density at radius 2 is 2.00 bits per heavy atom. The molecule has 0 aromatic rings. The highest BCUT2D eigenvalue weighted by molar-refractivity contribution is 7.80. The van der Waals surface area contributed by atoms with Crippen molar-refractivity contribution < 1.29 is 8.78 Å². The van der Waals surface area contributed by atoms with Crippen LogP contribution in [0.25, 0.3) is 0 Å². The van der Waals surface area contributed by atoms with Gasteiger partial charge in [-0.1, -0.05) is 13.8 Å². The third-order valence-corrected chi connectivity index (χ3v) is 2.18. The second-order valence-electron chi connectivity index (χ2n) is 3.32. The second-order valence-corrected chi connectivity index (χ2v) is 3.76. The molecule has 0 radical (unpaired) electrons. The topological polar surface area (TPSA) is 24.1 Å². The minimum absolute atomic E-state index is 0.0556. The van der Waals surface area contributed by atoms with Crippen molar-refractivity contribution in [2.45, 2.75) is 39.0 Å². The first-order valence-corrected chi connectivity index (χ1v) is 6.59. The molecule has 0 unspecified atom stereocenters. The van der Waals surface area contributed by atoms with E-state index < -0.39 is 5.92 Å². The van der Waals surface area contributed by atoms with E-state index in [4.69, 9.17) is 0 Å².